The fourth-order valence-electron chi connectivity index (χ4n) is 13.0. The molecule has 2 aromatic heterocycles. The molecule has 19 nitrogen and oxygen atoms in total. The van der Waals surface area contributed by atoms with Gasteiger partial charge >= 0.3 is 0 Å². The van der Waals surface area contributed by atoms with Gasteiger partial charge in [0.1, 0.15) is 11.6 Å². The number of carbonyl (C=O) groups is 4. The summed E-state index contributed by atoms with van der Waals surface area (Å²) >= 11 is 0. The molecule has 6 aliphatic rings. The monoisotopic (exact) mass is 1120 g/mol. The molecule has 4 saturated heterocycles. The number of aromatic amines is 2. The first-order chi connectivity index (χ1) is 38.7. The highest BCUT2D eigenvalue weighted by atomic mass is 19.1. The molecule has 6 aliphatic heterocycles. The third kappa shape index (κ3) is 13.5. The van der Waals surface area contributed by atoms with Crippen LogP contribution in [0.15, 0.2) is 70.3 Å². The number of piperazine rings is 4. The van der Waals surface area contributed by atoms with Crippen LogP contribution < -0.4 is 31.6 Å². The van der Waals surface area contributed by atoms with Crippen LogP contribution in [0.5, 0.6) is 0 Å². The van der Waals surface area contributed by atoms with E-state index < -0.39 is 5.41 Å². The Morgan fingerprint density at radius 2 is 1.15 bits per heavy atom. The van der Waals surface area contributed by atoms with E-state index in [1.54, 1.807) is 29.2 Å². The molecular weight excluding hydrogens is 1040 g/mol. The molecule has 436 valence electrons. The lowest BCUT2D eigenvalue weighted by Crippen LogP contribution is -2.63. The normalized spacial score (nSPS) is 23.7. The van der Waals surface area contributed by atoms with Crippen molar-refractivity contribution in [1.82, 2.24) is 54.9 Å². The van der Waals surface area contributed by atoms with Crippen LogP contribution in [0, 0.1) is 11.6 Å². The summed E-state index contributed by atoms with van der Waals surface area (Å²) < 4.78 is 27.2. The van der Waals surface area contributed by atoms with Gasteiger partial charge in [0.2, 0.25) is 23.6 Å². The molecule has 4 N–H and O–H groups in total. The topological polar surface area (TPSA) is 187 Å². The Bertz CT molecular complexity index is 3060. The number of pyridine rings is 2. The number of likely N-dealkylation sites (N-methyl/N-ethyl adjacent to an activating group) is 1. The number of hydrogen-bond donors (Lipinski definition) is 4. The van der Waals surface area contributed by atoms with Crippen LogP contribution in [0.3, 0.4) is 0 Å². The van der Waals surface area contributed by atoms with E-state index in [0.29, 0.717) is 95.8 Å². The Morgan fingerprint density at radius 1 is 0.617 bits per heavy atom. The zero-order valence-corrected chi connectivity index (χ0v) is 47.9. The number of halogens is 2. The SMILES string of the molecule is C[C@@H]1CN(CC(=O)N2CCc3[nH]c(=O)c(Cc4ccc(F)cc4)cc32)[C@@H](CN2CCN(C(=O)CN(C)CC(=O)N3CCN(C[C@H]4CNCCN4CC(=O)N4CC(C)(C)c5[nH]c(=O)c(Cc6ccc(F)cc6)cc54)[C@H](C)C3)C[C@H]2C)CN1. The van der Waals surface area contributed by atoms with E-state index in [1.807, 2.05) is 52.6 Å². The van der Waals surface area contributed by atoms with Crippen molar-refractivity contribution in [3.63, 3.8) is 0 Å². The Kier molecular flexibility index (Phi) is 17.7. The summed E-state index contributed by atoms with van der Waals surface area (Å²) in [6.45, 7) is 20.9. The molecule has 0 unspecified atom stereocenters. The Hall–Kier alpha value is -6.20. The van der Waals surface area contributed by atoms with E-state index in [4.69, 9.17) is 0 Å². The number of hydrogen-bond acceptors (Lipinski definition) is 13. The zero-order valence-electron chi connectivity index (χ0n) is 47.9. The van der Waals surface area contributed by atoms with Gasteiger partial charge in [-0.2, -0.15) is 0 Å². The average Bonchev–Trinajstić information content (AvgIpc) is 4.09. The number of benzene rings is 2. The lowest BCUT2D eigenvalue weighted by molar-refractivity contribution is -0.138. The van der Waals surface area contributed by atoms with Gasteiger partial charge in [0.25, 0.3) is 11.1 Å². The van der Waals surface area contributed by atoms with Gasteiger partial charge in [0.05, 0.1) is 37.6 Å². The van der Waals surface area contributed by atoms with Gasteiger partial charge in [-0.15, -0.1) is 0 Å². The second-order valence-electron chi connectivity index (χ2n) is 24.4. The number of fused-ring (bicyclic) bond motifs is 2. The van der Waals surface area contributed by atoms with E-state index in [-0.39, 0.29) is 103 Å². The van der Waals surface area contributed by atoms with Crippen molar-refractivity contribution in [1.29, 1.82) is 0 Å². The van der Waals surface area contributed by atoms with Crippen LogP contribution in [-0.4, -0.2) is 230 Å². The molecule has 2 aromatic carbocycles. The first-order valence-electron chi connectivity index (χ1n) is 29.0. The molecular formula is C60H81F2N13O6. The summed E-state index contributed by atoms with van der Waals surface area (Å²) in [5.74, 6) is -0.736. The van der Waals surface area contributed by atoms with Crippen LogP contribution in [0.4, 0.5) is 20.2 Å². The van der Waals surface area contributed by atoms with E-state index in [2.05, 4.69) is 61.0 Å². The van der Waals surface area contributed by atoms with E-state index >= 15 is 0 Å². The molecule has 8 heterocycles. The van der Waals surface area contributed by atoms with Gasteiger partial charge in [-0.25, -0.2) is 8.78 Å². The number of aromatic nitrogens is 2. The maximum Gasteiger partial charge on any atom is 0.251 e. The van der Waals surface area contributed by atoms with Crippen molar-refractivity contribution in [2.75, 3.05) is 141 Å². The summed E-state index contributed by atoms with van der Waals surface area (Å²) in [6, 6.07) is 16.4. The average molecular weight is 1120 g/mol. The first kappa shape index (κ1) is 58.0. The molecule has 81 heavy (non-hydrogen) atoms. The van der Waals surface area contributed by atoms with Gasteiger partial charge in [-0.1, -0.05) is 38.1 Å². The van der Waals surface area contributed by atoms with Crippen LogP contribution in [0.2, 0.25) is 0 Å². The Labute approximate surface area is 473 Å². The third-order valence-electron chi connectivity index (χ3n) is 17.7. The van der Waals surface area contributed by atoms with Crippen LogP contribution >= 0.6 is 0 Å². The van der Waals surface area contributed by atoms with E-state index in [9.17, 15) is 37.5 Å². The smallest absolute Gasteiger partial charge is 0.251 e. The number of nitrogens with zero attached hydrogens (tertiary/aromatic N) is 9. The van der Waals surface area contributed by atoms with Gasteiger partial charge in [-0.3, -0.25) is 53.3 Å². The number of H-pyrrole nitrogens is 2. The molecule has 4 fully saturated rings. The lowest BCUT2D eigenvalue weighted by atomic mass is 9.91. The molecule has 0 radical (unpaired) electrons. The second kappa shape index (κ2) is 24.7. The maximum absolute atomic E-state index is 14.3. The molecule has 4 amide bonds. The summed E-state index contributed by atoms with van der Waals surface area (Å²) in [7, 11) is 1.83. The molecule has 0 bridgehead atoms. The fourth-order valence-corrected chi connectivity index (χ4v) is 13.0. The molecule has 10 rings (SSSR count). The van der Waals surface area contributed by atoms with E-state index in [1.165, 1.54) is 24.3 Å². The fraction of sp³-hybridized carbons (Fsp3) is 0.567. The molecule has 21 heteroatoms. The predicted octanol–water partition coefficient (Wildman–Crippen LogP) is 1.67. The Morgan fingerprint density at radius 3 is 1.73 bits per heavy atom. The number of nitrogens with one attached hydrogen (secondary N) is 4. The minimum Gasteiger partial charge on any atom is -0.339 e. The number of rotatable bonds is 16. The maximum atomic E-state index is 14.3. The minimum absolute atomic E-state index is 0.00763. The summed E-state index contributed by atoms with van der Waals surface area (Å²) in [6.07, 6.45) is 1.22. The molecule has 5 atom stereocenters. The quantitative estimate of drug-likeness (QED) is 0.127. The first-order valence-corrected chi connectivity index (χ1v) is 29.0. The van der Waals surface area contributed by atoms with Crippen molar-refractivity contribution in [2.24, 2.45) is 0 Å². The Balaban J connectivity index is 0.669. The van der Waals surface area contributed by atoms with Gasteiger partial charge < -0.3 is 40.2 Å². The third-order valence-corrected chi connectivity index (χ3v) is 17.7. The highest BCUT2D eigenvalue weighted by molar-refractivity contribution is 5.98. The highest BCUT2D eigenvalue weighted by Gasteiger charge is 2.42. The molecule has 4 aromatic rings. The number of anilines is 2. The predicted molar refractivity (Wildman–Crippen MR) is 308 cm³/mol. The van der Waals surface area contributed by atoms with Crippen molar-refractivity contribution >= 4 is 35.0 Å². The van der Waals surface area contributed by atoms with E-state index in [0.717, 1.165) is 66.6 Å². The van der Waals surface area contributed by atoms with Gasteiger partial charge in [0.15, 0.2) is 0 Å². The standard InChI is InChI=1S/C60H81F2N13O6/c1-39-29-73(37-55(78)74-17-15-50-51(74)25-44(58(80)65-50)23-42-7-11-46(61)12-8-42)49(28-64-39)33-69-20-22-72(31-41(69)3)54(77)35-67(6)34-53(76)71-21-19-68(40(2)30-71)32-48-27-63-16-18-70(48)36-56(79)75-38-60(4,5)57-52(75)26-45(59(81)66-57)24-43-9-13-47(62)14-10-43/h7-14,25-26,39-41,48-49,63-64H,15-24,27-38H2,1-6H3,(H,65,80)(H,66,81)/t39-,40-,41-,48-,49-/m1/s1. The molecule has 0 aliphatic carbocycles. The van der Waals surface area contributed by atoms with Crippen LogP contribution in [0.1, 0.15) is 68.3 Å². The molecule has 0 spiro atoms. The van der Waals surface area contributed by atoms with Crippen molar-refractivity contribution in [3.8, 4) is 0 Å². The summed E-state index contributed by atoms with van der Waals surface area (Å²) in [5.41, 5.74) is 4.77. The van der Waals surface area contributed by atoms with Crippen molar-refractivity contribution in [2.45, 2.75) is 89.5 Å². The summed E-state index contributed by atoms with van der Waals surface area (Å²) in [5, 5.41) is 7.14. The lowest BCUT2D eigenvalue weighted by Gasteiger charge is -2.46. The van der Waals surface area contributed by atoms with Gasteiger partial charge in [0, 0.05) is 176 Å². The number of carbonyl (C=O) groups excluding carboxylic acids is 4. The van der Waals surface area contributed by atoms with Crippen LogP contribution in [-0.2, 0) is 43.9 Å². The molecule has 0 saturated carbocycles. The highest BCUT2D eigenvalue weighted by Crippen LogP contribution is 2.39. The summed E-state index contributed by atoms with van der Waals surface area (Å²) in [4.78, 5) is 107. The minimum atomic E-state index is -0.449. The second-order valence-corrected chi connectivity index (χ2v) is 24.4. The largest absolute Gasteiger partial charge is 0.339 e. The zero-order chi connectivity index (χ0) is 57.3. The van der Waals surface area contributed by atoms with Crippen molar-refractivity contribution < 1.29 is 28.0 Å². The van der Waals surface area contributed by atoms with Gasteiger partial charge in [-0.05, 0) is 75.3 Å². The van der Waals surface area contributed by atoms with Crippen LogP contribution in [0.25, 0.3) is 0 Å². The van der Waals surface area contributed by atoms with Crippen molar-refractivity contribution in [3.05, 3.63) is 127 Å². The number of amides is 4.